The second-order valence-electron chi connectivity index (χ2n) is 6.76. The maximum Gasteiger partial charge on any atom is 0.348 e. The zero-order valence-corrected chi connectivity index (χ0v) is 17.5. The number of anilines is 1. The third-order valence-corrected chi connectivity index (χ3v) is 5.80. The Balaban J connectivity index is 1.62. The average molecular weight is 413 g/mol. The third kappa shape index (κ3) is 3.98. The summed E-state index contributed by atoms with van der Waals surface area (Å²) in [6.07, 6.45) is 0.876. The van der Waals surface area contributed by atoms with E-state index in [1.807, 2.05) is 32.0 Å². The highest BCUT2D eigenvalue weighted by Gasteiger charge is 2.21. The summed E-state index contributed by atoms with van der Waals surface area (Å²) in [5.41, 5.74) is 1.89. The number of nitrogens with one attached hydrogen (secondary N) is 1. The van der Waals surface area contributed by atoms with Gasteiger partial charge in [-0.25, -0.2) is 14.8 Å². The van der Waals surface area contributed by atoms with Crippen molar-refractivity contribution >= 4 is 33.3 Å². The molecule has 0 aliphatic carbocycles. The van der Waals surface area contributed by atoms with Crippen LogP contribution < -0.4 is 14.8 Å². The Morgan fingerprint density at radius 3 is 2.79 bits per heavy atom. The molecule has 0 saturated carbocycles. The number of carbonyl (C=O) groups is 1. The topological polar surface area (TPSA) is 82.6 Å². The third-order valence-electron chi connectivity index (χ3n) is 4.63. The van der Waals surface area contributed by atoms with Crippen LogP contribution in [0, 0.1) is 13.8 Å². The quantitative estimate of drug-likeness (QED) is 0.626. The molecule has 2 aromatic heterocycles. The van der Waals surface area contributed by atoms with Crippen LogP contribution in [-0.4, -0.2) is 35.8 Å². The predicted octanol–water partition coefficient (Wildman–Crippen LogP) is 4.26. The molecule has 0 radical (unpaired) electrons. The van der Waals surface area contributed by atoms with Crippen LogP contribution in [0.1, 0.15) is 40.0 Å². The van der Waals surface area contributed by atoms with E-state index >= 15 is 0 Å². The number of rotatable bonds is 5. The Hall–Kier alpha value is -2.87. The summed E-state index contributed by atoms with van der Waals surface area (Å²) in [5.74, 6) is 2.58. The molecule has 1 aliphatic rings. The van der Waals surface area contributed by atoms with E-state index in [9.17, 15) is 4.79 Å². The standard InChI is InChI=1S/C21H23N3O4S/c1-4-26-21(25)18-12(2)17-19(23-13(3)24-20(17)29-18)22-11-14-6-7-15-16(10-14)28-9-5-8-27-15/h6-7,10H,4-5,8-9,11H2,1-3H3,(H,22,23,24). The van der Waals surface area contributed by atoms with E-state index in [1.54, 1.807) is 6.92 Å². The van der Waals surface area contributed by atoms with Gasteiger partial charge in [-0.15, -0.1) is 11.3 Å². The van der Waals surface area contributed by atoms with Crippen molar-refractivity contribution in [3.8, 4) is 11.5 Å². The van der Waals surface area contributed by atoms with Crippen molar-refractivity contribution in [2.45, 2.75) is 33.7 Å². The van der Waals surface area contributed by atoms with Gasteiger partial charge in [0.15, 0.2) is 11.5 Å². The number of thiophene rings is 1. The summed E-state index contributed by atoms with van der Waals surface area (Å²) >= 11 is 1.34. The first kappa shape index (κ1) is 19.4. The van der Waals surface area contributed by atoms with E-state index in [0.29, 0.717) is 42.9 Å². The molecule has 1 aromatic carbocycles. The minimum absolute atomic E-state index is 0.320. The van der Waals surface area contributed by atoms with Crippen molar-refractivity contribution in [1.82, 2.24) is 9.97 Å². The Morgan fingerprint density at radius 2 is 2.00 bits per heavy atom. The van der Waals surface area contributed by atoms with Gasteiger partial charge in [0, 0.05) is 13.0 Å². The van der Waals surface area contributed by atoms with Crippen LogP contribution in [0.25, 0.3) is 10.2 Å². The Bertz CT molecular complexity index is 1060. The van der Waals surface area contributed by atoms with Crippen LogP contribution in [-0.2, 0) is 11.3 Å². The summed E-state index contributed by atoms with van der Waals surface area (Å²) in [7, 11) is 0. The number of aromatic nitrogens is 2. The number of nitrogens with zero attached hydrogens (tertiary/aromatic N) is 2. The lowest BCUT2D eigenvalue weighted by Gasteiger charge is -2.11. The van der Waals surface area contributed by atoms with Crippen molar-refractivity contribution < 1.29 is 19.0 Å². The van der Waals surface area contributed by atoms with Crippen molar-refractivity contribution in [1.29, 1.82) is 0 Å². The van der Waals surface area contributed by atoms with E-state index in [-0.39, 0.29) is 5.97 Å². The Kier molecular flexibility index (Phi) is 5.53. The molecule has 1 N–H and O–H groups in total. The first-order valence-electron chi connectivity index (χ1n) is 9.64. The van der Waals surface area contributed by atoms with Gasteiger partial charge in [-0.05, 0) is 44.0 Å². The highest BCUT2D eigenvalue weighted by Crippen LogP contribution is 2.35. The van der Waals surface area contributed by atoms with Crippen molar-refractivity contribution in [2.24, 2.45) is 0 Å². The van der Waals surface area contributed by atoms with Gasteiger partial charge in [0.2, 0.25) is 0 Å². The number of ether oxygens (including phenoxy) is 3. The van der Waals surface area contributed by atoms with E-state index in [0.717, 1.165) is 39.3 Å². The van der Waals surface area contributed by atoms with Crippen LogP contribution in [0.4, 0.5) is 5.82 Å². The number of carbonyl (C=O) groups excluding carboxylic acids is 1. The lowest BCUT2D eigenvalue weighted by molar-refractivity contribution is 0.0531. The van der Waals surface area contributed by atoms with E-state index < -0.39 is 0 Å². The molecule has 0 saturated heterocycles. The number of hydrogen-bond acceptors (Lipinski definition) is 8. The maximum absolute atomic E-state index is 12.3. The molecular weight excluding hydrogens is 390 g/mol. The monoisotopic (exact) mass is 413 g/mol. The minimum Gasteiger partial charge on any atom is -0.490 e. The fourth-order valence-corrected chi connectivity index (χ4v) is 4.39. The molecule has 3 aromatic rings. The molecule has 0 fully saturated rings. The fraction of sp³-hybridized carbons (Fsp3) is 0.381. The number of benzene rings is 1. The largest absolute Gasteiger partial charge is 0.490 e. The molecule has 0 spiro atoms. The molecule has 1 aliphatic heterocycles. The summed E-state index contributed by atoms with van der Waals surface area (Å²) in [6.45, 7) is 7.77. The maximum atomic E-state index is 12.3. The second-order valence-corrected chi connectivity index (χ2v) is 7.76. The lowest BCUT2D eigenvalue weighted by Crippen LogP contribution is -2.05. The van der Waals surface area contributed by atoms with Crippen LogP contribution in [0.5, 0.6) is 11.5 Å². The molecule has 0 amide bonds. The van der Waals surface area contributed by atoms with Crippen LogP contribution in [0.15, 0.2) is 18.2 Å². The van der Waals surface area contributed by atoms with Gasteiger partial charge in [-0.1, -0.05) is 6.07 Å². The second kappa shape index (κ2) is 8.24. The van der Waals surface area contributed by atoms with Gasteiger partial charge in [0.05, 0.1) is 25.2 Å². The van der Waals surface area contributed by atoms with Crippen molar-refractivity contribution in [3.63, 3.8) is 0 Å². The summed E-state index contributed by atoms with van der Waals surface area (Å²) in [4.78, 5) is 22.7. The molecular formula is C21H23N3O4S. The van der Waals surface area contributed by atoms with Crippen LogP contribution >= 0.6 is 11.3 Å². The van der Waals surface area contributed by atoms with Crippen LogP contribution in [0.2, 0.25) is 0 Å². The van der Waals surface area contributed by atoms with Crippen molar-refractivity contribution in [2.75, 3.05) is 25.1 Å². The molecule has 0 bridgehead atoms. The Labute approximate surface area is 173 Å². The van der Waals surface area contributed by atoms with Gasteiger partial charge < -0.3 is 19.5 Å². The molecule has 8 heteroatoms. The molecule has 4 rings (SSSR count). The summed E-state index contributed by atoms with van der Waals surface area (Å²) < 4.78 is 16.6. The van der Waals surface area contributed by atoms with Gasteiger partial charge in [0.25, 0.3) is 0 Å². The summed E-state index contributed by atoms with van der Waals surface area (Å²) in [5, 5.41) is 4.26. The SMILES string of the molecule is CCOC(=O)c1sc2nc(C)nc(NCc3ccc4c(c3)OCCCO4)c2c1C. The Morgan fingerprint density at radius 1 is 1.21 bits per heavy atom. The number of aryl methyl sites for hydroxylation is 2. The van der Waals surface area contributed by atoms with Gasteiger partial charge in [0.1, 0.15) is 21.3 Å². The van der Waals surface area contributed by atoms with Crippen molar-refractivity contribution in [3.05, 3.63) is 40.0 Å². The first-order valence-corrected chi connectivity index (χ1v) is 10.5. The summed E-state index contributed by atoms with van der Waals surface area (Å²) in [6, 6.07) is 5.94. The molecule has 3 heterocycles. The number of esters is 1. The zero-order chi connectivity index (χ0) is 20.4. The zero-order valence-electron chi connectivity index (χ0n) is 16.7. The smallest absolute Gasteiger partial charge is 0.348 e. The first-order chi connectivity index (χ1) is 14.1. The van der Waals surface area contributed by atoms with E-state index in [2.05, 4.69) is 15.3 Å². The van der Waals surface area contributed by atoms with Gasteiger partial charge in [-0.2, -0.15) is 0 Å². The van der Waals surface area contributed by atoms with E-state index in [1.165, 1.54) is 11.3 Å². The molecule has 7 nitrogen and oxygen atoms in total. The normalized spacial score (nSPS) is 13.2. The highest BCUT2D eigenvalue weighted by molar-refractivity contribution is 7.20. The van der Waals surface area contributed by atoms with E-state index in [4.69, 9.17) is 14.2 Å². The number of hydrogen-bond donors (Lipinski definition) is 1. The number of fused-ring (bicyclic) bond motifs is 2. The lowest BCUT2D eigenvalue weighted by atomic mass is 10.1. The molecule has 152 valence electrons. The fourth-order valence-electron chi connectivity index (χ4n) is 3.27. The van der Waals surface area contributed by atoms with Crippen LogP contribution in [0.3, 0.4) is 0 Å². The predicted molar refractivity (Wildman–Crippen MR) is 112 cm³/mol. The van der Waals surface area contributed by atoms with Gasteiger partial charge in [-0.3, -0.25) is 0 Å². The molecule has 29 heavy (non-hydrogen) atoms. The minimum atomic E-state index is -0.320. The highest BCUT2D eigenvalue weighted by atomic mass is 32.1. The average Bonchev–Trinajstić information content (AvgIpc) is 2.88. The van der Waals surface area contributed by atoms with Gasteiger partial charge >= 0.3 is 5.97 Å². The molecule has 0 atom stereocenters. The molecule has 0 unspecified atom stereocenters.